The normalized spacial score (nSPS) is 12.6. The van der Waals surface area contributed by atoms with Crippen LogP contribution in [-0.4, -0.2) is 7.05 Å². The number of nitrogens with one attached hydrogen (secondary N) is 1. The third-order valence-electron chi connectivity index (χ3n) is 3.95. The molecule has 0 saturated carbocycles. The van der Waals surface area contributed by atoms with Gasteiger partial charge in [-0.1, -0.05) is 70.4 Å². The largest absolute Gasteiger partial charge is 0.313 e. The van der Waals surface area contributed by atoms with E-state index in [1.807, 2.05) is 13.1 Å². The molecule has 0 heterocycles. The van der Waals surface area contributed by atoms with Crippen molar-refractivity contribution in [2.45, 2.75) is 70.8 Å². The average Bonchev–Trinajstić information content (AvgIpc) is 2.46. The van der Waals surface area contributed by atoms with Gasteiger partial charge in [0.15, 0.2) is 0 Å². The van der Waals surface area contributed by atoms with Crippen molar-refractivity contribution >= 4 is 0 Å². The van der Waals surface area contributed by atoms with Gasteiger partial charge in [-0.25, -0.2) is 4.39 Å². The second kappa shape index (κ2) is 10.8. The van der Waals surface area contributed by atoms with Crippen LogP contribution in [0.15, 0.2) is 24.3 Å². The summed E-state index contributed by atoms with van der Waals surface area (Å²) in [5.74, 6) is -0.140. The van der Waals surface area contributed by atoms with Crippen LogP contribution < -0.4 is 5.32 Å². The number of unbranched alkanes of at least 4 members (excludes halogenated alkanes) is 7. The molecule has 1 atom stereocenters. The predicted molar refractivity (Wildman–Crippen MR) is 85.4 cm³/mol. The number of rotatable bonds is 11. The lowest BCUT2D eigenvalue weighted by atomic mass is 9.99. The van der Waals surface area contributed by atoms with Gasteiger partial charge in [-0.15, -0.1) is 0 Å². The number of hydrogen-bond donors (Lipinski definition) is 1. The maximum atomic E-state index is 13.2. The Hall–Kier alpha value is -0.890. The topological polar surface area (TPSA) is 12.0 Å². The Morgan fingerprint density at radius 2 is 1.65 bits per heavy atom. The van der Waals surface area contributed by atoms with Crippen molar-refractivity contribution in [2.75, 3.05) is 7.05 Å². The van der Waals surface area contributed by atoms with Gasteiger partial charge in [0.05, 0.1) is 0 Å². The quantitative estimate of drug-likeness (QED) is 0.519. The Bertz CT molecular complexity index is 351. The van der Waals surface area contributed by atoms with Gasteiger partial charge in [0.2, 0.25) is 0 Å². The number of benzene rings is 1. The average molecular weight is 279 g/mol. The van der Waals surface area contributed by atoms with Gasteiger partial charge in [0.1, 0.15) is 5.82 Å². The highest BCUT2D eigenvalue weighted by Gasteiger charge is 2.09. The summed E-state index contributed by atoms with van der Waals surface area (Å²) >= 11 is 0. The van der Waals surface area contributed by atoms with Crippen LogP contribution in [0.5, 0.6) is 0 Å². The zero-order valence-corrected chi connectivity index (χ0v) is 13.1. The van der Waals surface area contributed by atoms with Crippen LogP contribution in [0.4, 0.5) is 4.39 Å². The summed E-state index contributed by atoms with van der Waals surface area (Å²) in [6.07, 6.45) is 11.8. The van der Waals surface area contributed by atoms with Gasteiger partial charge in [-0.3, -0.25) is 0 Å². The van der Waals surface area contributed by atoms with E-state index in [4.69, 9.17) is 0 Å². The van der Waals surface area contributed by atoms with Crippen LogP contribution in [0.1, 0.15) is 76.3 Å². The van der Waals surface area contributed by atoms with Gasteiger partial charge in [0, 0.05) is 6.04 Å². The van der Waals surface area contributed by atoms with Gasteiger partial charge in [0.25, 0.3) is 0 Å². The van der Waals surface area contributed by atoms with E-state index < -0.39 is 0 Å². The molecular weight excluding hydrogens is 249 g/mol. The molecule has 0 radical (unpaired) electrons. The lowest BCUT2D eigenvalue weighted by molar-refractivity contribution is 0.492. The molecule has 0 aromatic heterocycles. The van der Waals surface area contributed by atoms with Crippen molar-refractivity contribution in [3.63, 3.8) is 0 Å². The monoisotopic (exact) mass is 279 g/mol. The van der Waals surface area contributed by atoms with Gasteiger partial charge in [-0.05, 0) is 31.2 Å². The van der Waals surface area contributed by atoms with E-state index >= 15 is 0 Å². The smallest absolute Gasteiger partial charge is 0.123 e. The fraction of sp³-hybridized carbons (Fsp3) is 0.667. The van der Waals surface area contributed by atoms with Crippen molar-refractivity contribution in [2.24, 2.45) is 0 Å². The molecule has 2 heteroatoms. The van der Waals surface area contributed by atoms with E-state index in [1.165, 1.54) is 57.4 Å². The lowest BCUT2D eigenvalue weighted by Crippen LogP contribution is -2.16. The Morgan fingerprint density at radius 1 is 1.00 bits per heavy atom. The second-order valence-corrected chi connectivity index (χ2v) is 5.66. The minimum absolute atomic E-state index is 0.140. The minimum Gasteiger partial charge on any atom is -0.313 e. The van der Waals surface area contributed by atoms with Crippen molar-refractivity contribution < 1.29 is 4.39 Å². The summed E-state index contributed by atoms with van der Waals surface area (Å²) in [6, 6.07) is 7.24. The highest BCUT2D eigenvalue weighted by atomic mass is 19.1. The van der Waals surface area contributed by atoms with Gasteiger partial charge < -0.3 is 5.32 Å². The van der Waals surface area contributed by atoms with Crippen molar-refractivity contribution in [3.05, 3.63) is 35.6 Å². The number of halogens is 1. The van der Waals surface area contributed by atoms with E-state index in [0.29, 0.717) is 0 Å². The summed E-state index contributed by atoms with van der Waals surface area (Å²) in [5.41, 5.74) is 1.07. The van der Waals surface area contributed by atoms with Crippen molar-refractivity contribution in [1.29, 1.82) is 0 Å². The molecule has 1 rings (SSSR count). The summed E-state index contributed by atoms with van der Waals surface area (Å²) < 4.78 is 13.2. The molecule has 1 aromatic carbocycles. The predicted octanol–water partition coefficient (Wildman–Crippen LogP) is 5.62. The molecule has 0 spiro atoms. The number of hydrogen-bond acceptors (Lipinski definition) is 1. The van der Waals surface area contributed by atoms with E-state index in [2.05, 4.69) is 12.2 Å². The maximum absolute atomic E-state index is 13.2. The van der Waals surface area contributed by atoms with E-state index in [9.17, 15) is 4.39 Å². The van der Waals surface area contributed by atoms with Crippen LogP contribution in [0.3, 0.4) is 0 Å². The van der Waals surface area contributed by atoms with Gasteiger partial charge >= 0.3 is 0 Å². The molecule has 0 saturated heterocycles. The Morgan fingerprint density at radius 3 is 2.25 bits per heavy atom. The molecule has 0 fully saturated rings. The first-order chi connectivity index (χ1) is 9.77. The van der Waals surface area contributed by atoms with Crippen LogP contribution >= 0.6 is 0 Å². The van der Waals surface area contributed by atoms with E-state index in [1.54, 1.807) is 12.1 Å². The fourth-order valence-corrected chi connectivity index (χ4v) is 2.68. The molecule has 0 amide bonds. The van der Waals surface area contributed by atoms with Gasteiger partial charge in [-0.2, -0.15) is 0 Å². The summed E-state index contributed by atoms with van der Waals surface area (Å²) in [6.45, 7) is 2.25. The maximum Gasteiger partial charge on any atom is 0.123 e. The summed E-state index contributed by atoms with van der Waals surface area (Å²) in [4.78, 5) is 0. The molecule has 0 bridgehead atoms. The molecular formula is C18H30FN. The van der Waals surface area contributed by atoms with E-state index in [-0.39, 0.29) is 11.9 Å². The molecule has 1 nitrogen and oxygen atoms in total. The van der Waals surface area contributed by atoms with Crippen molar-refractivity contribution in [1.82, 2.24) is 5.32 Å². The Kier molecular flexibility index (Phi) is 9.31. The molecule has 1 N–H and O–H groups in total. The minimum atomic E-state index is -0.140. The zero-order valence-electron chi connectivity index (χ0n) is 13.1. The molecule has 0 aliphatic heterocycles. The highest BCUT2D eigenvalue weighted by Crippen LogP contribution is 2.20. The molecule has 1 aromatic rings. The molecule has 114 valence electrons. The Labute approximate surface area is 124 Å². The third-order valence-corrected chi connectivity index (χ3v) is 3.95. The van der Waals surface area contributed by atoms with Crippen molar-refractivity contribution in [3.8, 4) is 0 Å². The second-order valence-electron chi connectivity index (χ2n) is 5.66. The molecule has 20 heavy (non-hydrogen) atoms. The highest BCUT2D eigenvalue weighted by molar-refractivity contribution is 5.19. The Balaban J connectivity index is 2.16. The van der Waals surface area contributed by atoms with Crippen LogP contribution in [0.25, 0.3) is 0 Å². The zero-order chi connectivity index (χ0) is 14.6. The first-order valence-electron chi connectivity index (χ1n) is 8.20. The lowest BCUT2D eigenvalue weighted by Gasteiger charge is -2.16. The standard InChI is InChI=1S/C18H30FN/c1-3-4-5-6-7-8-9-10-14-18(20-2)16-12-11-13-17(19)15-16/h11-13,15,18,20H,3-10,14H2,1-2H3. The fourth-order valence-electron chi connectivity index (χ4n) is 2.68. The van der Waals surface area contributed by atoms with Crippen LogP contribution in [-0.2, 0) is 0 Å². The first kappa shape index (κ1) is 17.2. The molecule has 0 aliphatic rings. The molecule has 1 unspecified atom stereocenters. The van der Waals surface area contributed by atoms with E-state index in [0.717, 1.165) is 12.0 Å². The first-order valence-corrected chi connectivity index (χ1v) is 8.20. The summed E-state index contributed by atoms with van der Waals surface area (Å²) in [7, 11) is 1.96. The van der Waals surface area contributed by atoms with Crippen LogP contribution in [0.2, 0.25) is 0 Å². The van der Waals surface area contributed by atoms with Crippen LogP contribution in [0, 0.1) is 5.82 Å². The third kappa shape index (κ3) is 7.04. The summed E-state index contributed by atoms with van der Waals surface area (Å²) in [5, 5.41) is 3.30. The molecule has 0 aliphatic carbocycles. The SMILES string of the molecule is CCCCCCCCCCC(NC)c1cccc(F)c1.